The summed E-state index contributed by atoms with van der Waals surface area (Å²) >= 11 is 0. The SMILES string of the molecule is CC(C)CCNS(=O)(=O)c1ccc2c(c1)C(=O)N(C)C2=O. The molecular formula is C14H18N2O4S. The Morgan fingerprint density at radius 3 is 2.38 bits per heavy atom. The van der Waals surface area contributed by atoms with E-state index in [0.29, 0.717) is 12.5 Å². The molecule has 0 radical (unpaired) electrons. The lowest BCUT2D eigenvalue weighted by molar-refractivity contribution is 0.0693. The van der Waals surface area contributed by atoms with Crippen molar-refractivity contribution in [3.63, 3.8) is 0 Å². The van der Waals surface area contributed by atoms with Crippen LogP contribution < -0.4 is 4.72 Å². The molecule has 0 aromatic heterocycles. The van der Waals surface area contributed by atoms with E-state index in [1.165, 1.54) is 25.2 Å². The third-order valence-electron chi connectivity index (χ3n) is 3.39. The normalized spacial score (nSPS) is 15.0. The van der Waals surface area contributed by atoms with Crippen molar-refractivity contribution in [3.05, 3.63) is 29.3 Å². The van der Waals surface area contributed by atoms with Crippen molar-refractivity contribution in [2.45, 2.75) is 25.2 Å². The van der Waals surface area contributed by atoms with Crippen LogP contribution in [0.25, 0.3) is 0 Å². The van der Waals surface area contributed by atoms with Gasteiger partial charge in [0.15, 0.2) is 0 Å². The molecule has 114 valence electrons. The molecule has 7 heteroatoms. The fourth-order valence-electron chi connectivity index (χ4n) is 2.07. The van der Waals surface area contributed by atoms with Gasteiger partial charge in [-0.3, -0.25) is 14.5 Å². The van der Waals surface area contributed by atoms with Crippen molar-refractivity contribution in [1.29, 1.82) is 0 Å². The van der Waals surface area contributed by atoms with Crippen LogP contribution in [-0.4, -0.2) is 38.7 Å². The average Bonchev–Trinajstić information content (AvgIpc) is 2.63. The predicted molar refractivity (Wildman–Crippen MR) is 77.5 cm³/mol. The second-order valence-electron chi connectivity index (χ2n) is 5.46. The number of carbonyl (C=O) groups excluding carboxylic acids is 2. The van der Waals surface area contributed by atoms with E-state index in [-0.39, 0.29) is 16.0 Å². The minimum absolute atomic E-state index is 0.00135. The summed E-state index contributed by atoms with van der Waals surface area (Å²) < 4.78 is 26.8. The van der Waals surface area contributed by atoms with Crippen molar-refractivity contribution < 1.29 is 18.0 Å². The maximum atomic E-state index is 12.2. The summed E-state index contributed by atoms with van der Waals surface area (Å²) in [6, 6.07) is 3.99. The third-order valence-corrected chi connectivity index (χ3v) is 4.84. The van der Waals surface area contributed by atoms with Gasteiger partial charge in [0.05, 0.1) is 16.0 Å². The Morgan fingerprint density at radius 1 is 1.14 bits per heavy atom. The molecular weight excluding hydrogens is 292 g/mol. The molecule has 0 spiro atoms. The number of hydrogen-bond acceptors (Lipinski definition) is 4. The summed E-state index contributed by atoms with van der Waals surface area (Å²) in [5, 5.41) is 0. The number of sulfonamides is 1. The number of nitrogens with one attached hydrogen (secondary N) is 1. The smallest absolute Gasteiger partial charge is 0.261 e. The first kappa shape index (κ1) is 15.7. The summed E-state index contributed by atoms with van der Waals surface area (Å²) in [5.41, 5.74) is 0.373. The molecule has 0 bridgehead atoms. The van der Waals surface area contributed by atoms with Crippen LogP contribution in [0.4, 0.5) is 0 Å². The molecule has 6 nitrogen and oxygen atoms in total. The molecule has 1 aromatic carbocycles. The molecule has 0 saturated heterocycles. The topological polar surface area (TPSA) is 83.6 Å². The summed E-state index contributed by atoms with van der Waals surface area (Å²) in [7, 11) is -2.29. The molecule has 0 unspecified atom stereocenters. The van der Waals surface area contributed by atoms with E-state index in [9.17, 15) is 18.0 Å². The highest BCUT2D eigenvalue weighted by molar-refractivity contribution is 7.89. The van der Waals surface area contributed by atoms with E-state index < -0.39 is 21.8 Å². The fraction of sp³-hybridized carbons (Fsp3) is 0.429. The van der Waals surface area contributed by atoms with Crippen molar-refractivity contribution in [2.75, 3.05) is 13.6 Å². The van der Waals surface area contributed by atoms with Gasteiger partial charge in [-0.05, 0) is 30.5 Å². The van der Waals surface area contributed by atoms with E-state index >= 15 is 0 Å². The molecule has 2 rings (SSSR count). The van der Waals surface area contributed by atoms with Crippen LogP contribution in [-0.2, 0) is 10.0 Å². The van der Waals surface area contributed by atoms with Crippen molar-refractivity contribution in [2.24, 2.45) is 5.92 Å². The molecule has 0 atom stereocenters. The average molecular weight is 310 g/mol. The number of hydrogen-bond donors (Lipinski definition) is 1. The van der Waals surface area contributed by atoms with Crippen molar-refractivity contribution >= 4 is 21.8 Å². The van der Waals surface area contributed by atoms with Crippen LogP contribution in [0.2, 0.25) is 0 Å². The third kappa shape index (κ3) is 2.98. The molecule has 2 amide bonds. The van der Waals surface area contributed by atoms with Gasteiger partial charge in [-0.1, -0.05) is 13.8 Å². The summed E-state index contributed by atoms with van der Waals surface area (Å²) in [6.45, 7) is 4.34. The molecule has 1 aromatic rings. The van der Waals surface area contributed by atoms with Gasteiger partial charge >= 0.3 is 0 Å². The van der Waals surface area contributed by atoms with Crippen LogP contribution in [0.15, 0.2) is 23.1 Å². The highest BCUT2D eigenvalue weighted by atomic mass is 32.2. The first-order valence-corrected chi connectivity index (χ1v) is 8.18. The number of carbonyl (C=O) groups is 2. The first-order valence-electron chi connectivity index (χ1n) is 6.70. The Morgan fingerprint density at radius 2 is 1.76 bits per heavy atom. The zero-order valence-corrected chi connectivity index (χ0v) is 13.0. The fourth-order valence-corrected chi connectivity index (χ4v) is 3.15. The Labute approximate surface area is 124 Å². The van der Waals surface area contributed by atoms with E-state index in [0.717, 1.165) is 11.3 Å². The van der Waals surface area contributed by atoms with Gasteiger partial charge in [0.1, 0.15) is 0 Å². The van der Waals surface area contributed by atoms with Crippen molar-refractivity contribution in [1.82, 2.24) is 9.62 Å². The van der Waals surface area contributed by atoms with Gasteiger partial charge in [-0.25, -0.2) is 13.1 Å². The molecule has 1 heterocycles. The van der Waals surface area contributed by atoms with Gasteiger partial charge in [0.25, 0.3) is 11.8 Å². The molecule has 21 heavy (non-hydrogen) atoms. The summed E-state index contributed by atoms with van der Waals surface area (Å²) in [5.74, 6) is -0.499. The lowest BCUT2D eigenvalue weighted by Gasteiger charge is -2.09. The van der Waals surface area contributed by atoms with Crippen LogP contribution >= 0.6 is 0 Å². The van der Waals surface area contributed by atoms with Crippen LogP contribution in [0.1, 0.15) is 41.0 Å². The first-order chi connectivity index (χ1) is 9.74. The van der Waals surface area contributed by atoms with Crippen LogP contribution in [0.5, 0.6) is 0 Å². The van der Waals surface area contributed by atoms with E-state index in [1.807, 2.05) is 13.8 Å². The lowest BCUT2D eigenvalue weighted by Crippen LogP contribution is -2.26. The number of imide groups is 1. The van der Waals surface area contributed by atoms with Gasteiger partial charge < -0.3 is 0 Å². The number of nitrogens with zero attached hydrogens (tertiary/aromatic N) is 1. The second-order valence-corrected chi connectivity index (χ2v) is 7.22. The highest BCUT2D eigenvalue weighted by Crippen LogP contribution is 2.24. The van der Waals surface area contributed by atoms with Gasteiger partial charge in [0, 0.05) is 13.6 Å². The maximum Gasteiger partial charge on any atom is 0.261 e. The maximum absolute atomic E-state index is 12.2. The quantitative estimate of drug-likeness (QED) is 0.829. The highest BCUT2D eigenvalue weighted by Gasteiger charge is 2.33. The number of benzene rings is 1. The molecule has 0 fully saturated rings. The van der Waals surface area contributed by atoms with Gasteiger partial charge in [-0.2, -0.15) is 0 Å². The van der Waals surface area contributed by atoms with E-state index in [4.69, 9.17) is 0 Å². The Kier molecular flexibility index (Phi) is 4.15. The van der Waals surface area contributed by atoms with Crippen LogP contribution in [0.3, 0.4) is 0 Å². The Balaban J connectivity index is 2.27. The standard InChI is InChI=1S/C14H18N2O4S/c1-9(2)6-7-15-21(19,20)10-4-5-11-12(8-10)14(18)16(3)13(11)17/h4-5,8-9,15H,6-7H2,1-3H3. The monoisotopic (exact) mass is 310 g/mol. The van der Waals surface area contributed by atoms with E-state index in [2.05, 4.69) is 4.72 Å². The second kappa shape index (κ2) is 5.57. The number of fused-ring (bicyclic) bond motifs is 1. The Hall–Kier alpha value is -1.73. The molecule has 1 aliphatic heterocycles. The summed E-state index contributed by atoms with van der Waals surface area (Å²) in [6.07, 6.45) is 0.727. The molecule has 0 saturated carbocycles. The zero-order chi connectivity index (χ0) is 15.8. The van der Waals surface area contributed by atoms with Crippen molar-refractivity contribution in [3.8, 4) is 0 Å². The zero-order valence-electron chi connectivity index (χ0n) is 12.2. The number of rotatable bonds is 5. The van der Waals surface area contributed by atoms with Crippen LogP contribution in [0, 0.1) is 5.92 Å². The van der Waals surface area contributed by atoms with Gasteiger partial charge in [0.2, 0.25) is 10.0 Å². The number of amides is 2. The van der Waals surface area contributed by atoms with E-state index in [1.54, 1.807) is 0 Å². The molecule has 0 aliphatic carbocycles. The minimum atomic E-state index is -3.67. The minimum Gasteiger partial charge on any atom is -0.277 e. The Bertz CT molecular complexity index is 695. The predicted octanol–water partition coefficient (Wildman–Crippen LogP) is 1.24. The molecule has 1 N–H and O–H groups in total. The summed E-state index contributed by atoms with van der Waals surface area (Å²) in [4.78, 5) is 24.6. The lowest BCUT2D eigenvalue weighted by atomic mass is 10.1. The largest absolute Gasteiger partial charge is 0.277 e. The molecule has 1 aliphatic rings. The van der Waals surface area contributed by atoms with Gasteiger partial charge in [-0.15, -0.1) is 0 Å².